The Morgan fingerprint density at radius 1 is 0.957 bits per heavy atom. The number of benzene rings is 2. The Bertz CT molecular complexity index is 700. The molecule has 4 nitrogen and oxygen atoms in total. The number of hydrogen-bond donors (Lipinski definition) is 1. The van der Waals surface area contributed by atoms with Gasteiger partial charge in [-0.15, -0.1) is 0 Å². The highest BCUT2D eigenvalue weighted by Gasteiger charge is 2.21. The molecule has 2 aromatic carbocycles. The third-order valence-electron chi connectivity index (χ3n) is 3.86. The molecule has 1 aliphatic rings. The fourth-order valence-corrected chi connectivity index (χ4v) is 2.96. The highest BCUT2D eigenvalue weighted by Crippen LogP contribution is 2.23. The Balaban J connectivity index is 1.58. The van der Waals surface area contributed by atoms with E-state index in [1.54, 1.807) is 17.0 Å². The molecule has 1 heterocycles. The predicted molar refractivity (Wildman–Crippen MR) is 95.7 cm³/mol. The van der Waals surface area contributed by atoms with E-state index in [9.17, 15) is 4.79 Å². The number of amides is 2. The van der Waals surface area contributed by atoms with Crippen LogP contribution in [0.4, 0.5) is 16.2 Å². The average Bonchev–Trinajstić information content (AvgIpc) is 2.57. The summed E-state index contributed by atoms with van der Waals surface area (Å²) in [6.07, 6.45) is 0. The molecule has 0 aromatic heterocycles. The van der Waals surface area contributed by atoms with Gasteiger partial charge in [-0.25, -0.2) is 4.79 Å². The number of nitrogens with one attached hydrogen (secondary N) is 1. The minimum Gasteiger partial charge on any atom is -0.368 e. The third kappa shape index (κ3) is 3.89. The molecule has 6 heteroatoms. The number of para-hydroxylation sites is 1. The fraction of sp³-hybridized carbons (Fsp3) is 0.235. The first-order valence-corrected chi connectivity index (χ1v) is 8.20. The number of carbonyl (C=O) groups excluding carboxylic acids is 1. The predicted octanol–water partition coefficient (Wildman–Crippen LogP) is 4.35. The summed E-state index contributed by atoms with van der Waals surface area (Å²) in [5.41, 5.74) is 1.72. The summed E-state index contributed by atoms with van der Waals surface area (Å²) in [4.78, 5) is 16.4. The molecule has 3 rings (SSSR count). The van der Waals surface area contributed by atoms with Crippen molar-refractivity contribution in [2.24, 2.45) is 0 Å². The Morgan fingerprint density at radius 2 is 1.70 bits per heavy atom. The van der Waals surface area contributed by atoms with Gasteiger partial charge in [0.05, 0.1) is 10.7 Å². The summed E-state index contributed by atoms with van der Waals surface area (Å²) in [6.45, 7) is 2.86. The molecule has 1 aliphatic heterocycles. The van der Waals surface area contributed by atoms with Gasteiger partial charge in [-0.1, -0.05) is 41.4 Å². The zero-order valence-corrected chi connectivity index (χ0v) is 14.0. The number of rotatable bonds is 2. The number of nitrogens with zero attached hydrogens (tertiary/aromatic N) is 2. The molecule has 1 saturated heterocycles. The maximum Gasteiger partial charge on any atom is 0.322 e. The van der Waals surface area contributed by atoms with Gasteiger partial charge in [0.2, 0.25) is 0 Å². The maximum absolute atomic E-state index is 12.3. The van der Waals surface area contributed by atoms with Gasteiger partial charge < -0.3 is 15.1 Å². The van der Waals surface area contributed by atoms with E-state index in [0.717, 1.165) is 23.8 Å². The highest BCUT2D eigenvalue weighted by atomic mass is 35.5. The van der Waals surface area contributed by atoms with Crippen LogP contribution < -0.4 is 10.2 Å². The first-order chi connectivity index (χ1) is 11.1. The number of urea groups is 1. The lowest BCUT2D eigenvalue weighted by Gasteiger charge is -2.36. The monoisotopic (exact) mass is 349 g/mol. The second kappa shape index (κ2) is 7.11. The van der Waals surface area contributed by atoms with E-state index >= 15 is 0 Å². The smallest absolute Gasteiger partial charge is 0.322 e. The highest BCUT2D eigenvalue weighted by molar-refractivity contribution is 6.33. The number of anilines is 2. The van der Waals surface area contributed by atoms with Crippen molar-refractivity contribution in [3.05, 3.63) is 58.6 Å². The van der Waals surface area contributed by atoms with Crippen LogP contribution in [0.1, 0.15) is 0 Å². The van der Waals surface area contributed by atoms with Gasteiger partial charge in [0.15, 0.2) is 0 Å². The molecule has 0 atom stereocenters. The van der Waals surface area contributed by atoms with Crippen molar-refractivity contribution in [3.63, 3.8) is 0 Å². The molecular formula is C17H17Cl2N3O. The van der Waals surface area contributed by atoms with E-state index in [1.807, 2.05) is 36.4 Å². The van der Waals surface area contributed by atoms with Crippen LogP contribution in [0.25, 0.3) is 0 Å². The zero-order chi connectivity index (χ0) is 16.2. The van der Waals surface area contributed by atoms with Gasteiger partial charge >= 0.3 is 6.03 Å². The number of carbonyl (C=O) groups is 1. The molecule has 0 aliphatic carbocycles. The van der Waals surface area contributed by atoms with Crippen LogP contribution in [0.3, 0.4) is 0 Å². The maximum atomic E-state index is 12.3. The van der Waals surface area contributed by atoms with Crippen molar-refractivity contribution >= 4 is 40.6 Å². The van der Waals surface area contributed by atoms with Crippen molar-refractivity contribution in [2.45, 2.75) is 0 Å². The minimum atomic E-state index is -0.121. The van der Waals surface area contributed by atoms with Crippen molar-refractivity contribution in [3.8, 4) is 0 Å². The SMILES string of the molecule is O=C(Nc1ccccc1Cl)N1CCN(c2cccc(Cl)c2)CC1. The molecule has 2 aromatic rings. The standard InChI is InChI=1S/C17H17Cl2N3O/c18-13-4-3-5-14(12-13)21-8-10-22(11-9-21)17(23)20-16-7-2-1-6-15(16)19/h1-7,12H,8-11H2,(H,20,23). The Hall–Kier alpha value is -1.91. The van der Waals surface area contributed by atoms with E-state index < -0.39 is 0 Å². The van der Waals surface area contributed by atoms with Gasteiger partial charge in [-0.3, -0.25) is 0 Å². The summed E-state index contributed by atoms with van der Waals surface area (Å²) >= 11 is 12.1. The zero-order valence-electron chi connectivity index (χ0n) is 12.5. The molecule has 0 radical (unpaired) electrons. The first kappa shape index (κ1) is 16.0. The van der Waals surface area contributed by atoms with Gasteiger partial charge in [-0.05, 0) is 30.3 Å². The van der Waals surface area contributed by atoms with E-state index in [-0.39, 0.29) is 6.03 Å². The number of piperazine rings is 1. The summed E-state index contributed by atoms with van der Waals surface area (Å²) < 4.78 is 0. The Labute approximate surface area is 145 Å². The molecule has 0 saturated carbocycles. The molecule has 0 spiro atoms. The fourth-order valence-electron chi connectivity index (χ4n) is 2.60. The second-order valence-corrected chi connectivity index (χ2v) is 6.21. The van der Waals surface area contributed by atoms with Crippen LogP contribution in [0.2, 0.25) is 10.0 Å². The Kier molecular flexibility index (Phi) is 4.94. The second-order valence-electron chi connectivity index (χ2n) is 5.36. The number of halogens is 2. The van der Waals surface area contributed by atoms with E-state index in [1.165, 1.54) is 0 Å². The molecule has 120 valence electrons. The Morgan fingerprint density at radius 3 is 2.39 bits per heavy atom. The van der Waals surface area contributed by atoms with Crippen LogP contribution in [-0.4, -0.2) is 37.1 Å². The van der Waals surface area contributed by atoms with Gasteiger partial charge in [0, 0.05) is 36.9 Å². The van der Waals surface area contributed by atoms with Crippen molar-refractivity contribution < 1.29 is 4.79 Å². The normalized spacial score (nSPS) is 14.7. The summed E-state index contributed by atoms with van der Waals surface area (Å²) in [6, 6.07) is 14.9. The molecule has 2 amide bonds. The summed E-state index contributed by atoms with van der Waals surface area (Å²) in [5.74, 6) is 0. The average molecular weight is 350 g/mol. The summed E-state index contributed by atoms with van der Waals surface area (Å²) in [7, 11) is 0. The molecule has 0 bridgehead atoms. The van der Waals surface area contributed by atoms with Crippen molar-refractivity contribution in [2.75, 3.05) is 36.4 Å². The van der Waals surface area contributed by atoms with Crippen LogP contribution in [0.15, 0.2) is 48.5 Å². The lowest BCUT2D eigenvalue weighted by atomic mass is 10.2. The topological polar surface area (TPSA) is 35.6 Å². The van der Waals surface area contributed by atoms with E-state index in [2.05, 4.69) is 10.2 Å². The molecule has 1 fully saturated rings. The van der Waals surface area contributed by atoms with Crippen molar-refractivity contribution in [1.29, 1.82) is 0 Å². The molecular weight excluding hydrogens is 333 g/mol. The van der Waals surface area contributed by atoms with Crippen molar-refractivity contribution in [1.82, 2.24) is 4.90 Å². The van der Waals surface area contributed by atoms with E-state index in [4.69, 9.17) is 23.2 Å². The minimum absolute atomic E-state index is 0.121. The third-order valence-corrected chi connectivity index (χ3v) is 4.42. The van der Waals surface area contributed by atoms with Crippen LogP contribution in [0.5, 0.6) is 0 Å². The first-order valence-electron chi connectivity index (χ1n) is 7.44. The molecule has 23 heavy (non-hydrogen) atoms. The largest absolute Gasteiger partial charge is 0.368 e. The number of hydrogen-bond acceptors (Lipinski definition) is 2. The van der Waals surface area contributed by atoms with Crippen LogP contribution in [0, 0.1) is 0 Å². The van der Waals surface area contributed by atoms with Crippen LogP contribution in [-0.2, 0) is 0 Å². The van der Waals surface area contributed by atoms with Gasteiger partial charge in [0.1, 0.15) is 0 Å². The lowest BCUT2D eigenvalue weighted by Crippen LogP contribution is -2.50. The van der Waals surface area contributed by atoms with E-state index in [0.29, 0.717) is 23.8 Å². The van der Waals surface area contributed by atoms with Gasteiger partial charge in [0.25, 0.3) is 0 Å². The van der Waals surface area contributed by atoms with Crippen LogP contribution >= 0.6 is 23.2 Å². The lowest BCUT2D eigenvalue weighted by molar-refractivity contribution is 0.208. The quantitative estimate of drug-likeness (QED) is 0.874. The summed E-state index contributed by atoms with van der Waals surface area (Å²) in [5, 5.41) is 4.12. The molecule has 0 unspecified atom stereocenters. The molecule has 1 N–H and O–H groups in total. The van der Waals surface area contributed by atoms with Gasteiger partial charge in [-0.2, -0.15) is 0 Å².